The molecule has 0 saturated carbocycles. The van der Waals surface area contributed by atoms with Crippen LogP contribution in [0.5, 0.6) is 11.5 Å². The van der Waals surface area contributed by atoms with Crippen LogP contribution in [0, 0.1) is 0 Å². The van der Waals surface area contributed by atoms with E-state index < -0.39 is 0 Å². The van der Waals surface area contributed by atoms with E-state index >= 15 is 0 Å². The minimum absolute atomic E-state index is 0.198. The molecular weight excluding hydrogens is 346 g/mol. The molecule has 2 aliphatic rings. The number of carbonyl (C=O) groups excluding carboxylic acids is 1. The largest absolute Gasteiger partial charge is 0.508 e. The van der Waals surface area contributed by atoms with Crippen LogP contribution in [-0.4, -0.2) is 84.9 Å². The van der Waals surface area contributed by atoms with Crippen LogP contribution < -0.4 is 4.74 Å². The molecule has 7 nitrogen and oxygen atoms in total. The number of phenolic OH excluding ortho intramolecular Hbond substituents is 1. The molecule has 1 amide bonds. The molecule has 0 radical (unpaired) electrons. The van der Waals surface area contributed by atoms with Crippen LogP contribution in [0.3, 0.4) is 0 Å². The lowest BCUT2D eigenvalue weighted by atomic mass is 10.0. The molecule has 2 heterocycles. The third kappa shape index (κ3) is 5.05. The molecule has 2 fully saturated rings. The smallest absolute Gasteiger partial charge is 0.409 e. The van der Waals surface area contributed by atoms with Crippen LogP contribution in [0.25, 0.3) is 0 Å². The zero-order valence-corrected chi connectivity index (χ0v) is 16.4. The van der Waals surface area contributed by atoms with Gasteiger partial charge in [0.15, 0.2) is 0 Å². The first-order valence-corrected chi connectivity index (χ1v) is 9.84. The maximum absolute atomic E-state index is 11.9. The van der Waals surface area contributed by atoms with Crippen molar-refractivity contribution in [3.8, 4) is 11.5 Å². The fourth-order valence-electron chi connectivity index (χ4n) is 4.01. The van der Waals surface area contributed by atoms with Crippen molar-refractivity contribution in [2.75, 3.05) is 53.0 Å². The van der Waals surface area contributed by atoms with Gasteiger partial charge in [-0.05, 0) is 44.5 Å². The van der Waals surface area contributed by atoms with E-state index in [0.29, 0.717) is 18.4 Å². The molecule has 0 aliphatic carbocycles. The maximum atomic E-state index is 11.9. The Hall–Kier alpha value is -1.99. The fourth-order valence-corrected chi connectivity index (χ4v) is 4.01. The highest BCUT2D eigenvalue weighted by Gasteiger charge is 2.30. The molecule has 1 aromatic carbocycles. The number of amides is 1. The number of nitrogens with zero attached hydrogens (tertiary/aromatic N) is 3. The van der Waals surface area contributed by atoms with Crippen molar-refractivity contribution in [3.63, 3.8) is 0 Å². The van der Waals surface area contributed by atoms with Crippen molar-refractivity contribution in [1.29, 1.82) is 0 Å². The predicted molar refractivity (Wildman–Crippen MR) is 103 cm³/mol. The Morgan fingerprint density at radius 2 is 2.00 bits per heavy atom. The van der Waals surface area contributed by atoms with Crippen molar-refractivity contribution in [3.05, 3.63) is 23.8 Å². The Labute approximate surface area is 161 Å². The molecule has 0 spiro atoms. The Morgan fingerprint density at radius 3 is 2.70 bits per heavy atom. The van der Waals surface area contributed by atoms with Crippen molar-refractivity contribution < 1.29 is 19.4 Å². The van der Waals surface area contributed by atoms with E-state index in [9.17, 15) is 9.90 Å². The average molecular weight is 377 g/mol. The van der Waals surface area contributed by atoms with Gasteiger partial charge < -0.3 is 19.5 Å². The first-order valence-electron chi connectivity index (χ1n) is 9.84. The number of likely N-dealkylation sites (tertiary alicyclic amines) is 1. The monoisotopic (exact) mass is 377 g/mol. The summed E-state index contributed by atoms with van der Waals surface area (Å²) in [7, 11) is 1.64. The van der Waals surface area contributed by atoms with E-state index in [4.69, 9.17) is 9.47 Å². The molecule has 0 aromatic heterocycles. The summed E-state index contributed by atoms with van der Waals surface area (Å²) in [4.78, 5) is 18.6. The van der Waals surface area contributed by atoms with E-state index in [-0.39, 0.29) is 6.09 Å². The summed E-state index contributed by atoms with van der Waals surface area (Å²) in [6.45, 7) is 8.24. The lowest BCUT2D eigenvalue weighted by Crippen LogP contribution is -2.55. The van der Waals surface area contributed by atoms with Crippen LogP contribution in [0.15, 0.2) is 18.2 Å². The predicted octanol–water partition coefficient (Wildman–Crippen LogP) is 2.14. The van der Waals surface area contributed by atoms with Gasteiger partial charge in [-0.3, -0.25) is 9.80 Å². The molecule has 150 valence electrons. The third-order valence-corrected chi connectivity index (χ3v) is 5.52. The van der Waals surface area contributed by atoms with E-state index in [1.54, 1.807) is 24.1 Å². The Balaban J connectivity index is 1.53. The average Bonchev–Trinajstić information content (AvgIpc) is 2.70. The highest BCUT2D eigenvalue weighted by atomic mass is 16.6. The molecule has 1 atom stereocenters. The van der Waals surface area contributed by atoms with Crippen LogP contribution in [0.1, 0.15) is 25.3 Å². The van der Waals surface area contributed by atoms with E-state index in [0.717, 1.165) is 63.5 Å². The van der Waals surface area contributed by atoms with Crippen molar-refractivity contribution >= 4 is 6.09 Å². The normalized spacial score (nSPS) is 21.9. The second-order valence-electron chi connectivity index (χ2n) is 7.25. The first-order chi connectivity index (χ1) is 13.1. The number of benzene rings is 1. The molecule has 0 bridgehead atoms. The summed E-state index contributed by atoms with van der Waals surface area (Å²) >= 11 is 0. The Bertz CT molecular complexity index is 632. The number of ether oxygens (including phenoxy) is 2. The second-order valence-corrected chi connectivity index (χ2v) is 7.25. The Morgan fingerprint density at radius 1 is 1.22 bits per heavy atom. The van der Waals surface area contributed by atoms with E-state index in [1.807, 2.05) is 13.0 Å². The van der Waals surface area contributed by atoms with Gasteiger partial charge in [0, 0.05) is 50.9 Å². The molecule has 1 N–H and O–H groups in total. The van der Waals surface area contributed by atoms with Gasteiger partial charge in [0.05, 0.1) is 13.7 Å². The summed E-state index contributed by atoms with van der Waals surface area (Å²) in [6.07, 6.45) is 2.13. The summed E-state index contributed by atoms with van der Waals surface area (Å²) in [5, 5.41) is 10.2. The number of piperidine rings is 1. The van der Waals surface area contributed by atoms with Crippen molar-refractivity contribution in [1.82, 2.24) is 14.7 Å². The number of piperazine rings is 1. The zero-order chi connectivity index (χ0) is 19.2. The van der Waals surface area contributed by atoms with Gasteiger partial charge in [-0.2, -0.15) is 0 Å². The third-order valence-electron chi connectivity index (χ3n) is 5.52. The van der Waals surface area contributed by atoms with Gasteiger partial charge in [-0.15, -0.1) is 0 Å². The summed E-state index contributed by atoms with van der Waals surface area (Å²) in [5.41, 5.74) is 0.905. The highest BCUT2D eigenvalue weighted by molar-refractivity contribution is 5.67. The van der Waals surface area contributed by atoms with Gasteiger partial charge in [-0.25, -0.2) is 4.79 Å². The maximum Gasteiger partial charge on any atom is 0.409 e. The van der Waals surface area contributed by atoms with Crippen LogP contribution >= 0.6 is 0 Å². The molecular formula is C20H31N3O4. The number of aromatic hydroxyl groups is 1. The highest BCUT2D eigenvalue weighted by Crippen LogP contribution is 2.26. The summed E-state index contributed by atoms with van der Waals surface area (Å²) in [5.74, 6) is 1.09. The van der Waals surface area contributed by atoms with E-state index in [1.165, 1.54) is 6.42 Å². The van der Waals surface area contributed by atoms with Gasteiger partial charge in [-0.1, -0.05) is 0 Å². The molecule has 3 rings (SSSR count). The van der Waals surface area contributed by atoms with Crippen LogP contribution in [0.4, 0.5) is 4.79 Å². The van der Waals surface area contributed by atoms with Crippen LogP contribution in [0.2, 0.25) is 0 Å². The minimum atomic E-state index is -0.198. The quantitative estimate of drug-likeness (QED) is 0.848. The molecule has 2 saturated heterocycles. The number of rotatable bonds is 5. The molecule has 7 heteroatoms. The molecule has 1 aromatic rings. The standard InChI is InChI=1S/C20H31N3O4/c1-3-27-20(25)23-11-9-22(10-12-23)17-5-4-8-21(15-17)14-16-13-18(26-2)6-7-19(16)24/h6-7,13,17,24H,3-5,8-12,14-15H2,1-2H3. The second kappa shape index (κ2) is 9.28. The van der Waals surface area contributed by atoms with Gasteiger partial charge in [0.2, 0.25) is 0 Å². The first kappa shape index (κ1) is 19.8. The number of hydrogen-bond acceptors (Lipinski definition) is 6. The van der Waals surface area contributed by atoms with Crippen LogP contribution in [-0.2, 0) is 11.3 Å². The van der Waals surface area contributed by atoms with Crippen molar-refractivity contribution in [2.24, 2.45) is 0 Å². The number of methoxy groups -OCH3 is 1. The van der Waals surface area contributed by atoms with Gasteiger partial charge >= 0.3 is 6.09 Å². The van der Waals surface area contributed by atoms with Gasteiger partial charge in [0.1, 0.15) is 11.5 Å². The SMILES string of the molecule is CCOC(=O)N1CCN(C2CCCN(Cc3cc(OC)ccc3O)C2)CC1. The number of phenols is 1. The summed E-state index contributed by atoms with van der Waals surface area (Å²) in [6, 6.07) is 5.89. The number of hydrogen-bond donors (Lipinski definition) is 1. The molecule has 2 aliphatic heterocycles. The Kier molecular flexibility index (Phi) is 6.79. The number of carbonyl (C=O) groups is 1. The van der Waals surface area contributed by atoms with Crippen molar-refractivity contribution in [2.45, 2.75) is 32.4 Å². The molecule has 1 unspecified atom stereocenters. The topological polar surface area (TPSA) is 65.5 Å². The minimum Gasteiger partial charge on any atom is -0.508 e. The zero-order valence-electron chi connectivity index (χ0n) is 16.4. The lowest BCUT2D eigenvalue weighted by Gasteiger charge is -2.43. The van der Waals surface area contributed by atoms with Gasteiger partial charge in [0.25, 0.3) is 0 Å². The summed E-state index contributed by atoms with van der Waals surface area (Å²) < 4.78 is 10.4. The molecule has 27 heavy (non-hydrogen) atoms. The van der Waals surface area contributed by atoms with E-state index in [2.05, 4.69) is 9.80 Å². The lowest BCUT2D eigenvalue weighted by molar-refractivity contribution is 0.0411. The fraction of sp³-hybridized carbons (Fsp3) is 0.650.